The Bertz CT molecular complexity index is 842. The second kappa shape index (κ2) is 3.04. The number of benzene rings is 1. The van der Waals surface area contributed by atoms with Crippen LogP contribution < -0.4 is 0 Å². The van der Waals surface area contributed by atoms with Crippen molar-refractivity contribution in [3.8, 4) is 0 Å². The minimum Gasteiger partial charge on any atom is -0.438 e. The van der Waals surface area contributed by atoms with Crippen molar-refractivity contribution in [3.05, 3.63) is 48.9 Å². The predicted octanol–water partition coefficient (Wildman–Crippen LogP) is 3.53. The zero-order valence-electron chi connectivity index (χ0n) is 8.92. The molecule has 80 valence electrons. The highest BCUT2D eigenvalue weighted by Gasteiger charge is 2.08. The topological polar surface area (TPSA) is 38.9 Å². The van der Waals surface area contributed by atoms with Crippen molar-refractivity contribution in [2.75, 3.05) is 0 Å². The van der Waals surface area contributed by atoms with Crippen LogP contribution in [0.4, 0.5) is 0 Å². The summed E-state index contributed by atoms with van der Waals surface area (Å²) in [6.07, 6.45) is 5.38. The molecule has 0 radical (unpaired) electrons. The van der Waals surface area contributed by atoms with Gasteiger partial charge in [0.25, 0.3) is 0 Å². The fourth-order valence-electron chi connectivity index (χ4n) is 2.19. The molecule has 0 bridgehead atoms. The molecule has 3 nitrogen and oxygen atoms in total. The van der Waals surface area contributed by atoms with E-state index in [9.17, 15) is 0 Å². The van der Waals surface area contributed by atoms with Crippen molar-refractivity contribution in [2.45, 2.75) is 0 Å². The molecule has 0 amide bonds. The van der Waals surface area contributed by atoms with Gasteiger partial charge in [-0.3, -0.25) is 4.98 Å². The lowest BCUT2D eigenvalue weighted by Gasteiger charge is -1.95. The molecule has 0 saturated heterocycles. The Morgan fingerprint density at radius 2 is 1.94 bits per heavy atom. The van der Waals surface area contributed by atoms with E-state index in [0.29, 0.717) is 5.71 Å². The lowest BCUT2D eigenvalue weighted by Crippen LogP contribution is -1.75. The van der Waals surface area contributed by atoms with Gasteiger partial charge in [0.15, 0.2) is 0 Å². The molecular formula is C14H8N2O. The molecule has 17 heavy (non-hydrogen) atoms. The van der Waals surface area contributed by atoms with E-state index >= 15 is 0 Å². The van der Waals surface area contributed by atoms with Crippen LogP contribution in [0.1, 0.15) is 0 Å². The number of furan rings is 1. The standard InChI is InChI=1S/C14H8N2O/c1-2-11-12-6-9-3-5-15-8-10(9)7-13(12)17-14(11)16-4-1/h1-8H. The minimum absolute atomic E-state index is 0.686. The lowest BCUT2D eigenvalue weighted by molar-refractivity contribution is 0.654. The first-order valence-electron chi connectivity index (χ1n) is 5.43. The molecule has 0 saturated carbocycles. The number of rotatable bonds is 0. The van der Waals surface area contributed by atoms with Crippen molar-refractivity contribution in [3.63, 3.8) is 0 Å². The van der Waals surface area contributed by atoms with Crippen LogP contribution >= 0.6 is 0 Å². The van der Waals surface area contributed by atoms with E-state index in [4.69, 9.17) is 4.42 Å². The van der Waals surface area contributed by atoms with Crippen LogP contribution in [0.2, 0.25) is 0 Å². The second-order valence-electron chi connectivity index (χ2n) is 4.03. The average Bonchev–Trinajstić information content (AvgIpc) is 2.73. The van der Waals surface area contributed by atoms with Gasteiger partial charge in [-0.1, -0.05) is 0 Å². The molecular weight excluding hydrogens is 212 g/mol. The SMILES string of the molecule is c1cnc2oc3cc4cnccc4cc3c2c1. The normalized spacial score (nSPS) is 11.5. The number of pyridine rings is 2. The molecule has 0 unspecified atom stereocenters. The molecule has 0 aliphatic heterocycles. The van der Waals surface area contributed by atoms with Crippen LogP contribution in [0, 0.1) is 0 Å². The fraction of sp³-hybridized carbons (Fsp3) is 0. The number of aromatic nitrogens is 2. The molecule has 1 aromatic carbocycles. The molecule has 4 aromatic rings. The highest BCUT2D eigenvalue weighted by molar-refractivity contribution is 6.08. The summed E-state index contributed by atoms with van der Waals surface area (Å²) in [7, 11) is 0. The number of fused-ring (bicyclic) bond motifs is 4. The van der Waals surface area contributed by atoms with Gasteiger partial charge in [0, 0.05) is 34.7 Å². The van der Waals surface area contributed by atoms with Crippen LogP contribution in [0.15, 0.2) is 53.3 Å². The molecule has 0 atom stereocenters. The third kappa shape index (κ3) is 1.16. The molecule has 4 rings (SSSR count). The van der Waals surface area contributed by atoms with Gasteiger partial charge in [0.2, 0.25) is 5.71 Å². The quantitative estimate of drug-likeness (QED) is 0.455. The van der Waals surface area contributed by atoms with Gasteiger partial charge in [0.05, 0.1) is 0 Å². The average molecular weight is 220 g/mol. The Kier molecular flexibility index (Phi) is 1.56. The van der Waals surface area contributed by atoms with Crippen molar-refractivity contribution in [2.24, 2.45) is 0 Å². The van der Waals surface area contributed by atoms with Gasteiger partial charge in [-0.05, 0) is 35.7 Å². The van der Waals surface area contributed by atoms with Gasteiger partial charge in [-0.25, -0.2) is 4.98 Å². The highest BCUT2D eigenvalue weighted by Crippen LogP contribution is 2.30. The third-order valence-corrected chi connectivity index (χ3v) is 3.01. The van der Waals surface area contributed by atoms with E-state index < -0.39 is 0 Å². The van der Waals surface area contributed by atoms with Crippen LogP contribution in [0.3, 0.4) is 0 Å². The molecule has 0 aliphatic rings. The Hall–Kier alpha value is -2.42. The maximum Gasteiger partial charge on any atom is 0.227 e. The highest BCUT2D eigenvalue weighted by atomic mass is 16.3. The second-order valence-corrected chi connectivity index (χ2v) is 4.03. The first-order chi connectivity index (χ1) is 8.42. The number of hydrogen-bond acceptors (Lipinski definition) is 3. The van der Waals surface area contributed by atoms with Crippen LogP contribution in [-0.2, 0) is 0 Å². The molecule has 0 spiro atoms. The van der Waals surface area contributed by atoms with Gasteiger partial charge in [0.1, 0.15) is 5.58 Å². The van der Waals surface area contributed by atoms with E-state index in [0.717, 1.165) is 21.7 Å². The molecule has 3 heteroatoms. The maximum atomic E-state index is 5.72. The van der Waals surface area contributed by atoms with Crippen molar-refractivity contribution < 1.29 is 4.42 Å². The number of nitrogens with zero attached hydrogens (tertiary/aromatic N) is 2. The van der Waals surface area contributed by atoms with Crippen LogP contribution in [-0.4, -0.2) is 9.97 Å². The number of hydrogen-bond donors (Lipinski definition) is 0. The Labute approximate surface area is 96.7 Å². The van der Waals surface area contributed by atoms with Gasteiger partial charge < -0.3 is 4.42 Å². The molecule has 3 aromatic heterocycles. The summed E-state index contributed by atoms with van der Waals surface area (Å²) in [6.45, 7) is 0. The zero-order valence-corrected chi connectivity index (χ0v) is 8.92. The largest absolute Gasteiger partial charge is 0.438 e. The Morgan fingerprint density at radius 3 is 2.94 bits per heavy atom. The zero-order chi connectivity index (χ0) is 11.2. The minimum atomic E-state index is 0.686. The van der Waals surface area contributed by atoms with E-state index in [1.807, 2.05) is 30.5 Å². The lowest BCUT2D eigenvalue weighted by atomic mass is 10.1. The first-order valence-corrected chi connectivity index (χ1v) is 5.43. The molecule has 3 heterocycles. The van der Waals surface area contributed by atoms with Crippen molar-refractivity contribution in [1.29, 1.82) is 0 Å². The van der Waals surface area contributed by atoms with Gasteiger partial charge >= 0.3 is 0 Å². The van der Waals surface area contributed by atoms with E-state index in [1.54, 1.807) is 12.4 Å². The summed E-state index contributed by atoms with van der Waals surface area (Å²) >= 11 is 0. The van der Waals surface area contributed by atoms with E-state index in [1.165, 1.54) is 5.39 Å². The van der Waals surface area contributed by atoms with Gasteiger partial charge in [-0.2, -0.15) is 0 Å². The van der Waals surface area contributed by atoms with Crippen molar-refractivity contribution in [1.82, 2.24) is 9.97 Å². The maximum absolute atomic E-state index is 5.72. The molecule has 0 N–H and O–H groups in total. The van der Waals surface area contributed by atoms with Crippen LogP contribution in [0.5, 0.6) is 0 Å². The van der Waals surface area contributed by atoms with Crippen LogP contribution in [0.25, 0.3) is 32.8 Å². The monoisotopic (exact) mass is 220 g/mol. The fourth-order valence-corrected chi connectivity index (χ4v) is 2.19. The van der Waals surface area contributed by atoms with E-state index in [-0.39, 0.29) is 0 Å². The third-order valence-electron chi connectivity index (χ3n) is 3.01. The Morgan fingerprint density at radius 1 is 0.941 bits per heavy atom. The summed E-state index contributed by atoms with van der Waals surface area (Å²) in [4.78, 5) is 8.34. The summed E-state index contributed by atoms with van der Waals surface area (Å²) in [5.74, 6) is 0. The summed E-state index contributed by atoms with van der Waals surface area (Å²) in [5, 5.41) is 4.41. The van der Waals surface area contributed by atoms with Crippen molar-refractivity contribution >= 4 is 32.8 Å². The van der Waals surface area contributed by atoms with E-state index in [2.05, 4.69) is 16.0 Å². The Balaban J connectivity index is 2.28. The first kappa shape index (κ1) is 8.70. The van der Waals surface area contributed by atoms with Gasteiger partial charge in [-0.15, -0.1) is 0 Å². The summed E-state index contributed by atoms with van der Waals surface area (Å²) in [6, 6.07) is 10.1. The predicted molar refractivity (Wildman–Crippen MR) is 66.8 cm³/mol. The molecule has 0 fully saturated rings. The summed E-state index contributed by atoms with van der Waals surface area (Å²) in [5.41, 5.74) is 1.55. The summed E-state index contributed by atoms with van der Waals surface area (Å²) < 4.78 is 5.72. The smallest absolute Gasteiger partial charge is 0.227 e. The molecule has 0 aliphatic carbocycles.